The van der Waals surface area contributed by atoms with E-state index in [9.17, 15) is 13.2 Å². The fourth-order valence-electron chi connectivity index (χ4n) is 1.84. The fourth-order valence-corrected chi connectivity index (χ4v) is 2.10. The van der Waals surface area contributed by atoms with Gasteiger partial charge in [-0.3, -0.25) is 0 Å². The van der Waals surface area contributed by atoms with Gasteiger partial charge in [-0.05, 0) is 17.7 Å². The van der Waals surface area contributed by atoms with Gasteiger partial charge in [0.05, 0.1) is 18.7 Å². The Labute approximate surface area is 101 Å². The van der Waals surface area contributed by atoms with Crippen LogP contribution in [0, 0.1) is 0 Å². The van der Waals surface area contributed by atoms with Gasteiger partial charge in [0.2, 0.25) is 0 Å². The van der Waals surface area contributed by atoms with E-state index in [1.54, 1.807) is 0 Å². The van der Waals surface area contributed by atoms with Crippen LogP contribution in [0.15, 0.2) is 18.2 Å². The van der Waals surface area contributed by atoms with Gasteiger partial charge >= 0.3 is 6.18 Å². The zero-order valence-corrected chi connectivity index (χ0v) is 9.73. The molecule has 17 heavy (non-hydrogen) atoms. The minimum absolute atomic E-state index is 0.0158. The van der Waals surface area contributed by atoms with E-state index in [2.05, 4.69) is 0 Å². The molecule has 0 amide bonds. The summed E-state index contributed by atoms with van der Waals surface area (Å²) >= 11 is 5.82. The maximum atomic E-state index is 13.0. The van der Waals surface area contributed by atoms with Gasteiger partial charge in [-0.25, -0.2) is 0 Å². The van der Waals surface area contributed by atoms with Crippen LogP contribution in [0.4, 0.5) is 13.2 Å². The van der Waals surface area contributed by atoms with Crippen molar-refractivity contribution < 1.29 is 22.6 Å². The lowest BCUT2D eigenvalue weighted by molar-refractivity contribution is -0.333. The molecule has 6 heteroatoms. The summed E-state index contributed by atoms with van der Waals surface area (Å²) in [4.78, 5) is 0. The summed E-state index contributed by atoms with van der Waals surface area (Å²) in [5.41, 5.74) is -2.19. The second-order valence-corrected chi connectivity index (χ2v) is 4.18. The normalized spacial score (nSPS) is 24.3. The second kappa shape index (κ2) is 4.07. The first-order valence-electron chi connectivity index (χ1n) is 4.95. The molecule has 1 saturated heterocycles. The van der Waals surface area contributed by atoms with Gasteiger partial charge in [-0.15, -0.1) is 0 Å². The van der Waals surface area contributed by atoms with E-state index in [1.807, 2.05) is 0 Å². The highest BCUT2D eigenvalue weighted by Gasteiger charge is 2.61. The molecule has 0 radical (unpaired) electrons. The Kier molecular flexibility index (Phi) is 2.99. The van der Waals surface area contributed by atoms with Crippen LogP contribution >= 0.6 is 11.6 Å². The van der Waals surface area contributed by atoms with Crippen molar-refractivity contribution in [1.82, 2.24) is 0 Å². The highest BCUT2D eigenvalue weighted by Crippen LogP contribution is 2.50. The maximum absolute atomic E-state index is 13.0. The van der Waals surface area contributed by atoms with E-state index in [-0.39, 0.29) is 23.6 Å². The van der Waals surface area contributed by atoms with Gasteiger partial charge in [-0.1, -0.05) is 17.7 Å². The van der Waals surface area contributed by atoms with Gasteiger partial charge in [0.15, 0.2) is 5.60 Å². The number of hydrogen-bond donors (Lipinski definition) is 0. The van der Waals surface area contributed by atoms with Crippen LogP contribution in [0.3, 0.4) is 0 Å². The minimum atomic E-state index is -4.44. The van der Waals surface area contributed by atoms with Gasteiger partial charge in [0.1, 0.15) is 5.75 Å². The average Bonchev–Trinajstić information content (AvgIpc) is 2.13. The van der Waals surface area contributed by atoms with Crippen LogP contribution in [0.2, 0.25) is 5.02 Å². The SMILES string of the molecule is COc1ccc(C2(C(F)(F)F)CCO2)cc1Cl. The molecule has 1 aliphatic heterocycles. The molecular formula is C11H10ClF3O2. The van der Waals surface area contributed by atoms with Crippen LogP contribution in [0.5, 0.6) is 5.75 Å². The molecule has 1 atom stereocenters. The number of methoxy groups -OCH3 is 1. The van der Waals surface area contributed by atoms with Crippen molar-refractivity contribution in [2.45, 2.75) is 18.2 Å². The predicted molar refractivity (Wildman–Crippen MR) is 56.3 cm³/mol. The van der Waals surface area contributed by atoms with E-state index in [1.165, 1.54) is 25.3 Å². The molecule has 0 aliphatic carbocycles. The third-order valence-corrected chi connectivity index (χ3v) is 3.17. The summed E-state index contributed by atoms with van der Waals surface area (Å²) in [5, 5.41) is 0.143. The molecule has 1 unspecified atom stereocenters. The zero-order chi connectivity index (χ0) is 12.7. The molecule has 2 nitrogen and oxygen atoms in total. The molecular weight excluding hydrogens is 257 g/mol. The van der Waals surface area contributed by atoms with Crippen LogP contribution in [-0.4, -0.2) is 19.9 Å². The molecule has 0 N–H and O–H groups in total. The standard InChI is InChI=1S/C11H10ClF3O2/c1-16-9-3-2-7(6-8(9)12)10(4-5-17-10)11(13,14)15/h2-3,6H,4-5H2,1H3. The minimum Gasteiger partial charge on any atom is -0.495 e. The summed E-state index contributed by atoms with van der Waals surface area (Å²) < 4.78 is 48.5. The first-order valence-corrected chi connectivity index (χ1v) is 5.33. The number of alkyl halides is 3. The molecule has 1 aromatic carbocycles. The first-order chi connectivity index (χ1) is 7.90. The molecule has 0 spiro atoms. The van der Waals surface area contributed by atoms with Crippen LogP contribution in [-0.2, 0) is 10.3 Å². The zero-order valence-electron chi connectivity index (χ0n) is 8.97. The quantitative estimate of drug-likeness (QED) is 0.815. The Balaban J connectivity index is 2.42. The molecule has 2 rings (SSSR count). The van der Waals surface area contributed by atoms with E-state index in [4.69, 9.17) is 21.1 Å². The summed E-state index contributed by atoms with van der Waals surface area (Å²) in [7, 11) is 1.40. The first kappa shape index (κ1) is 12.5. The van der Waals surface area contributed by atoms with Crippen molar-refractivity contribution in [3.05, 3.63) is 28.8 Å². The van der Waals surface area contributed by atoms with Gasteiger partial charge in [0.25, 0.3) is 0 Å². The fraction of sp³-hybridized carbons (Fsp3) is 0.455. The number of benzene rings is 1. The number of hydrogen-bond acceptors (Lipinski definition) is 2. The predicted octanol–water partition coefficient (Wildman–Crippen LogP) is 3.53. The van der Waals surface area contributed by atoms with Crippen molar-refractivity contribution in [3.63, 3.8) is 0 Å². The van der Waals surface area contributed by atoms with Crippen molar-refractivity contribution in [3.8, 4) is 5.75 Å². The van der Waals surface area contributed by atoms with Crippen LogP contribution in [0.1, 0.15) is 12.0 Å². The topological polar surface area (TPSA) is 18.5 Å². The molecule has 94 valence electrons. The van der Waals surface area contributed by atoms with Crippen molar-refractivity contribution in [1.29, 1.82) is 0 Å². The Bertz CT molecular complexity index is 427. The van der Waals surface area contributed by atoms with Gasteiger partial charge in [0, 0.05) is 6.42 Å². The largest absolute Gasteiger partial charge is 0.495 e. The lowest BCUT2D eigenvalue weighted by atomic mass is 9.86. The van der Waals surface area contributed by atoms with E-state index < -0.39 is 11.8 Å². The van der Waals surface area contributed by atoms with E-state index >= 15 is 0 Å². The smallest absolute Gasteiger partial charge is 0.421 e. The number of halogens is 4. The Hall–Kier alpha value is -0.940. The summed E-state index contributed by atoms with van der Waals surface area (Å²) in [6.45, 7) is 0.100. The highest BCUT2D eigenvalue weighted by molar-refractivity contribution is 6.32. The van der Waals surface area contributed by atoms with Gasteiger partial charge < -0.3 is 9.47 Å². The summed E-state index contributed by atoms with van der Waals surface area (Å²) in [6.07, 6.45) is -4.53. The molecule has 0 saturated carbocycles. The molecule has 1 aliphatic rings. The van der Waals surface area contributed by atoms with Crippen LogP contribution in [0.25, 0.3) is 0 Å². The monoisotopic (exact) mass is 266 g/mol. The number of ether oxygens (including phenoxy) is 2. The van der Waals surface area contributed by atoms with Crippen LogP contribution < -0.4 is 4.74 Å². The molecule has 1 aromatic rings. The average molecular weight is 267 g/mol. The highest BCUT2D eigenvalue weighted by atomic mass is 35.5. The van der Waals surface area contributed by atoms with Gasteiger partial charge in [-0.2, -0.15) is 13.2 Å². The molecule has 0 aromatic heterocycles. The lowest BCUT2D eigenvalue weighted by Crippen LogP contribution is -2.52. The maximum Gasteiger partial charge on any atom is 0.421 e. The molecule has 0 bridgehead atoms. The number of rotatable bonds is 2. The summed E-state index contributed by atoms with van der Waals surface area (Å²) in [6, 6.07) is 3.98. The van der Waals surface area contributed by atoms with Crippen molar-refractivity contribution in [2.75, 3.05) is 13.7 Å². The van der Waals surface area contributed by atoms with Crippen molar-refractivity contribution in [2.24, 2.45) is 0 Å². The van der Waals surface area contributed by atoms with E-state index in [0.29, 0.717) is 5.75 Å². The molecule has 1 heterocycles. The lowest BCUT2D eigenvalue weighted by Gasteiger charge is -2.43. The third-order valence-electron chi connectivity index (χ3n) is 2.88. The Morgan fingerprint density at radius 3 is 2.41 bits per heavy atom. The third kappa shape index (κ3) is 1.87. The Morgan fingerprint density at radius 2 is 2.06 bits per heavy atom. The van der Waals surface area contributed by atoms with Crippen molar-refractivity contribution >= 4 is 11.6 Å². The second-order valence-electron chi connectivity index (χ2n) is 3.77. The van der Waals surface area contributed by atoms with E-state index in [0.717, 1.165) is 0 Å². The molecule has 1 fully saturated rings. The Morgan fingerprint density at radius 1 is 1.41 bits per heavy atom. The summed E-state index contributed by atoms with van der Waals surface area (Å²) in [5.74, 6) is 0.340.